The van der Waals surface area contributed by atoms with Crippen LogP contribution in [-0.4, -0.2) is 26.9 Å². The Kier molecular flexibility index (Phi) is 11.1. The molecular weight excluding hydrogens is 731 g/mol. The second-order valence-electron chi connectivity index (χ2n) is 15.4. The Morgan fingerprint density at radius 1 is 0.889 bits per heavy atom. The minimum absolute atomic E-state index is 0. The molecule has 1 N–H and O–H groups in total. The van der Waals surface area contributed by atoms with E-state index < -0.39 is 0 Å². The van der Waals surface area contributed by atoms with E-state index in [0.29, 0.717) is 5.76 Å². The van der Waals surface area contributed by atoms with Gasteiger partial charge in [0.1, 0.15) is 5.76 Å². The molecule has 0 spiro atoms. The SMILES string of the molecule is CC(C)(C)Cc1ccc2c(-c3[c-]c4ccccc4c(C(C)(C)C)c3)nccc2c1.CC1=C(C)N(/C=C(\O)C(C)(C)C)[CH-]N1C.[Ir]. The summed E-state index contributed by atoms with van der Waals surface area (Å²) < 4.78 is 0. The minimum atomic E-state index is -0.205. The Labute approximate surface area is 285 Å². The van der Waals surface area contributed by atoms with E-state index in [1.807, 2.05) is 57.4 Å². The summed E-state index contributed by atoms with van der Waals surface area (Å²) in [5, 5.41) is 14.8. The first-order valence-electron chi connectivity index (χ1n) is 15.6. The zero-order valence-electron chi connectivity index (χ0n) is 29.3. The third-order valence-corrected chi connectivity index (χ3v) is 8.17. The molecule has 45 heavy (non-hydrogen) atoms. The molecule has 243 valence electrons. The molecule has 5 heteroatoms. The van der Waals surface area contributed by atoms with Gasteiger partial charge in [-0.05, 0) is 66.2 Å². The van der Waals surface area contributed by atoms with Crippen molar-refractivity contribution in [1.29, 1.82) is 0 Å². The molecule has 1 radical (unpaired) electrons. The van der Waals surface area contributed by atoms with Gasteiger partial charge in [0.2, 0.25) is 0 Å². The first-order valence-corrected chi connectivity index (χ1v) is 15.6. The number of fused-ring (bicyclic) bond motifs is 2. The molecule has 5 rings (SSSR count). The van der Waals surface area contributed by atoms with Gasteiger partial charge >= 0.3 is 0 Å². The molecule has 0 saturated carbocycles. The Morgan fingerprint density at radius 2 is 1.56 bits per heavy atom. The van der Waals surface area contributed by atoms with E-state index in [1.165, 1.54) is 33.0 Å². The molecule has 0 saturated heterocycles. The molecule has 0 atom stereocenters. The van der Waals surface area contributed by atoms with Gasteiger partial charge in [0.25, 0.3) is 0 Å². The quantitative estimate of drug-likeness (QED) is 0.166. The second-order valence-corrected chi connectivity index (χ2v) is 15.4. The van der Waals surface area contributed by atoms with Crippen molar-refractivity contribution in [2.45, 2.75) is 88.0 Å². The first-order chi connectivity index (χ1) is 20.3. The van der Waals surface area contributed by atoms with Crippen LogP contribution in [0, 0.1) is 23.6 Å². The normalized spacial score (nSPS) is 14.5. The van der Waals surface area contributed by atoms with Crippen molar-refractivity contribution in [1.82, 2.24) is 14.8 Å². The second kappa shape index (κ2) is 13.7. The van der Waals surface area contributed by atoms with Crippen LogP contribution in [0.5, 0.6) is 0 Å². The summed E-state index contributed by atoms with van der Waals surface area (Å²) in [7, 11) is 2.00. The third-order valence-electron chi connectivity index (χ3n) is 8.17. The van der Waals surface area contributed by atoms with Crippen LogP contribution in [0.15, 0.2) is 84.1 Å². The summed E-state index contributed by atoms with van der Waals surface area (Å²) in [5.41, 5.74) is 7.27. The number of aromatic nitrogens is 1. The van der Waals surface area contributed by atoms with E-state index in [-0.39, 0.29) is 36.4 Å². The monoisotopic (exact) mass is 782 g/mol. The molecule has 4 nitrogen and oxygen atoms in total. The van der Waals surface area contributed by atoms with E-state index in [2.05, 4.69) is 109 Å². The fraction of sp³-hybridized carbons (Fsp3) is 0.400. The zero-order valence-corrected chi connectivity index (χ0v) is 31.7. The number of hydrogen-bond acceptors (Lipinski definition) is 4. The number of nitrogens with zero attached hydrogens (tertiary/aromatic N) is 3. The smallest absolute Gasteiger partial charge is 0.111 e. The maximum absolute atomic E-state index is 9.89. The molecule has 1 aromatic heterocycles. The van der Waals surface area contributed by atoms with Gasteiger partial charge in [0.05, 0.1) is 0 Å². The van der Waals surface area contributed by atoms with Crippen molar-refractivity contribution in [3.8, 4) is 11.3 Å². The molecule has 0 fully saturated rings. The maximum Gasteiger partial charge on any atom is 0.111 e. The van der Waals surface area contributed by atoms with Crippen LogP contribution >= 0.6 is 0 Å². The molecule has 0 unspecified atom stereocenters. The number of hydrogen-bond donors (Lipinski definition) is 1. The van der Waals surface area contributed by atoms with Crippen LogP contribution in [0.2, 0.25) is 0 Å². The van der Waals surface area contributed by atoms with Crippen LogP contribution in [0.4, 0.5) is 0 Å². The van der Waals surface area contributed by atoms with E-state index >= 15 is 0 Å². The predicted octanol–water partition coefficient (Wildman–Crippen LogP) is 10.8. The van der Waals surface area contributed by atoms with Gasteiger partial charge in [-0.2, -0.15) is 6.67 Å². The van der Waals surface area contributed by atoms with Crippen LogP contribution in [-0.2, 0) is 31.9 Å². The van der Waals surface area contributed by atoms with Gasteiger partial charge in [0.15, 0.2) is 0 Å². The fourth-order valence-corrected chi connectivity index (χ4v) is 5.40. The first kappa shape index (κ1) is 36.3. The Hall–Kier alpha value is -3.14. The van der Waals surface area contributed by atoms with Crippen molar-refractivity contribution in [2.75, 3.05) is 7.05 Å². The topological polar surface area (TPSA) is 39.6 Å². The molecule has 2 heterocycles. The Bertz CT molecular complexity index is 1710. The minimum Gasteiger partial charge on any atom is -0.510 e. The zero-order chi connectivity index (χ0) is 32.6. The molecule has 0 amide bonds. The summed E-state index contributed by atoms with van der Waals surface area (Å²) in [4.78, 5) is 8.78. The van der Waals surface area contributed by atoms with E-state index in [1.54, 1.807) is 6.20 Å². The Balaban J connectivity index is 0.000000294. The standard InChI is InChI=1S/C28H30N.C12H21N2O.Ir/c1-27(2,3)18-19-11-12-24-21(15-19)13-14-29-26(24)22-16-20-9-7-8-10-23(20)25(17-22)28(4,5)6;1-9-10(2)14(8-13(9)6)7-11(15)12(3,4)5;/h7-15,17H,18H2,1-6H3;7-8,15H,1-6H3;/q2*-1;/b;11-7-;. The van der Waals surface area contributed by atoms with Crippen LogP contribution in [0.1, 0.15) is 87.3 Å². The summed E-state index contributed by atoms with van der Waals surface area (Å²) in [6.07, 6.45) is 4.78. The predicted molar refractivity (Wildman–Crippen MR) is 188 cm³/mol. The molecule has 1 aliphatic rings. The van der Waals surface area contributed by atoms with Gasteiger partial charge in [-0.1, -0.05) is 110 Å². The Morgan fingerprint density at radius 3 is 2.13 bits per heavy atom. The molecule has 0 bridgehead atoms. The molecule has 0 aliphatic carbocycles. The van der Waals surface area contributed by atoms with Crippen molar-refractivity contribution in [2.24, 2.45) is 10.8 Å². The maximum atomic E-state index is 9.89. The third kappa shape index (κ3) is 8.77. The number of rotatable bonds is 3. The molecule has 3 aromatic carbocycles. The summed E-state index contributed by atoms with van der Waals surface area (Å²) >= 11 is 0. The van der Waals surface area contributed by atoms with E-state index in [0.717, 1.165) is 28.8 Å². The van der Waals surface area contributed by atoms with Gasteiger partial charge in [-0.25, -0.2) is 0 Å². The largest absolute Gasteiger partial charge is 0.510 e. The number of benzene rings is 3. The molecule has 4 aromatic rings. The average molecular weight is 782 g/mol. The van der Waals surface area contributed by atoms with Crippen LogP contribution < -0.4 is 0 Å². The number of allylic oxidation sites excluding steroid dienone is 3. The summed E-state index contributed by atoms with van der Waals surface area (Å²) in [6.45, 7) is 25.7. The van der Waals surface area contributed by atoms with E-state index in [4.69, 9.17) is 4.98 Å². The average Bonchev–Trinajstić information content (AvgIpc) is 3.16. The fourth-order valence-electron chi connectivity index (χ4n) is 5.40. The summed E-state index contributed by atoms with van der Waals surface area (Å²) in [6, 6.07) is 23.4. The number of aliphatic hydroxyl groups is 1. The van der Waals surface area contributed by atoms with Crippen molar-refractivity contribution in [3.63, 3.8) is 0 Å². The van der Waals surface area contributed by atoms with Crippen LogP contribution in [0.25, 0.3) is 32.8 Å². The summed E-state index contributed by atoms with van der Waals surface area (Å²) in [5.74, 6) is 0.390. The van der Waals surface area contributed by atoms with Crippen molar-refractivity contribution >= 4 is 21.5 Å². The van der Waals surface area contributed by atoms with Gasteiger partial charge < -0.3 is 14.9 Å². The van der Waals surface area contributed by atoms with E-state index in [9.17, 15) is 5.11 Å². The van der Waals surface area contributed by atoms with Gasteiger partial charge in [0, 0.05) is 49.3 Å². The van der Waals surface area contributed by atoms with Crippen molar-refractivity contribution in [3.05, 3.63) is 108 Å². The van der Waals surface area contributed by atoms with Gasteiger partial charge in [-0.3, -0.25) is 4.98 Å². The molecular formula is C40H51IrN3O-2. The molecule has 1 aliphatic heterocycles. The van der Waals surface area contributed by atoms with Gasteiger partial charge in [-0.15, -0.1) is 29.1 Å². The van der Waals surface area contributed by atoms with Crippen LogP contribution in [0.3, 0.4) is 0 Å². The van der Waals surface area contributed by atoms with Crippen molar-refractivity contribution < 1.29 is 25.2 Å². The number of aliphatic hydroxyl groups excluding tert-OH is 1. The number of pyridine rings is 1.